The summed E-state index contributed by atoms with van der Waals surface area (Å²) in [5.41, 5.74) is -0.669. The lowest BCUT2D eigenvalue weighted by molar-refractivity contribution is -0.0960. The topological polar surface area (TPSA) is 34.9 Å². The van der Waals surface area contributed by atoms with E-state index < -0.39 is 23.8 Å². The molecule has 0 aromatic carbocycles. The number of carbonyl (C=O) groups is 1. The standard InChI is InChI=1S/C7H6F4N2O/c1-13-3-2-4(12-13)5(14)7(10,11)6(8)9/h2-3,6H,1H3. The van der Waals surface area contributed by atoms with E-state index in [1.54, 1.807) is 0 Å². The van der Waals surface area contributed by atoms with Gasteiger partial charge in [-0.25, -0.2) is 8.78 Å². The monoisotopic (exact) mass is 210 g/mol. The predicted molar refractivity (Wildman–Crippen MR) is 38.5 cm³/mol. The van der Waals surface area contributed by atoms with Crippen molar-refractivity contribution in [1.82, 2.24) is 9.78 Å². The molecule has 0 bridgehead atoms. The summed E-state index contributed by atoms with van der Waals surface area (Å²) in [6.07, 6.45) is -2.80. The van der Waals surface area contributed by atoms with E-state index in [2.05, 4.69) is 5.10 Å². The molecule has 14 heavy (non-hydrogen) atoms. The minimum atomic E-state index is -4.67. The molecule has 0 spiro atoms. The number of alkyl halides is 4. The Morgan fingerprint density at radius 3 is 2.50 bits per heavy atom. The van der Waals surface area contributed by atoms with Gasteiger partial charge in [0.05, 0.1) is 0 Å². The smallest absolute Gasteiger partial charge is 0.285 e. The fraction of sp³-hybridized carbons (Fsp3) is 0.429. The van der Waals surface area contributed by atoms with Crippen molar-refractivity contribution in [2.45, 2.75) is 12.3 Å². The summed E-state index contributed by atoms with van der Waals surface area (Å²) in [6.45, 7) is 0. The predicted octanol–water partition coefficient (Wildman–Crippen LogP) is 1.50. The number of hydrogen-bond donors (Lipinski definition) is 0. The van der Waals surface area contributed by atoms with Crippen LogP contribution in [0.25, 0.3) is 0 Å². The maximum atomic E-state index is 12.5. The summed E-state index contributed by atoms with van der Waals surface area (Å²) in [5, 5.41) is 3.31. The maximum Gasteiger partial charge on any atom is 0.370 e. The van der Waals surface area contributed by atoms with Gasteiger partial charge in [0.25, 0.3) is 5.78 Å². The molecule has 0 fully saturated rings. The number of aryl methyl sites for hydroxylation is 1. The van der Waals surface area contributed by atoms with Crippen LogP contribution < -0.4 is 0 Å². The average Bonchev–Trinajstić information content (AvgIpc) is 2.50. The Morgan fingerprint density at radius 2 is 2.14 bits per heavy atom. The second-order valence-corrected chi connectivity index (χ2v) is 2.63. The van der Waals surface area contributed by atoms with E-state index in [1.165, 1.54) is 13.2 Å². The first-order valence-electron chi connectivity index (χ1n) is 3.56. The molecule has 0 amide bonds. The number of rotatable bonds is 3. The Morgan fingerprint density at radius 1 is 1.57 bits per heavy atom. The zero-order valence-corrected chi connectivity index (χ0v) is 7.05. The molecule has 0 aliphatic heterocycles. The first-order chi connectivity index (χ1) is 6.35. The third-order valence-corrected chi connectivity index (χ3v) is 1.52. The zero-order chi connectivity index (χ0) is 10.9. The van der Waals surface area contributed by atoms with Gasteiger partial charge in [0.15, 0.2) is 0 Å². The SMILES string of the molecule is Cn1ccc(C(=O)C(F)(F)C(F)F)n1. The largest absolute Gasteiger partial charge is 0.370 e. The molecule has 1 aromatic heterocycles. The summed E-state index contributed by atoms with van der Waals surface area (Å²) in [4.78, 5) is 10.8. The molecule has 0 atom stereocenters. The van der Waals surface area contributed by atoms with Crippen LogP contribution in [0.5, 0.6) is 0 Å². The highest BCUT2D eigenvalue weighted by Crippen LogP contribution is 2.26. The highest BCUT2D eigenvalue weighted by Gasteiger charge is 2.49. The van der Waals surface area contributed by atoms with Crippen LogP contribution in [-0.4, -0.2) is 27.9 Å². The molecule has 0 saturated heterocycles. The summed E-state index contributed by atoms with van der Waals surface area (Å²) in [7, 11) is 1.39. The lowest BCUT2D eigenvalue weighted by Gasteiger charge is -2.11. The lowest BCUT2D eigenvalue weighted by Crippen LogP contribution is -2.36. The van der Waals surface area contributed by atoms with Gasteiger partial charge < -0.3 is 0 Å². The zero-order valence-electron chi connectivity index (χ0n) is 7.05. The normalized spacial score (nSPS) is 12.1. The molecule has 7 heteroatoms. The molecule has 3 nitrogen and oxygen atoms in total. The lowest BCUT2D eigenvalue weighted by atomic mass is 10.1. The summed E-state index contributed by atoms with van der Waals surface area (Å²) < 4.78 is 49.6. The molecule has 1 heterocycles. The minimum Gasteiger partial charge on any atom is -0.285 e. The van der Waals surface area contributed by atoms with Gasteiger partial charge in [-0.2, -0.15) is 13.9 Å². The third kappa shape index (κ3) is 1.75. The maximum absolute atomic E-state index is 12.5. The number of hydrogen-bond acceptors (Lipinski definition) is 2. The van der Waals surface area contributed by atoms with Gasteiger partial charge in [-0.15, -0.1) is 0 Å². The molecular formula is C7H6F4N2O. The number of Topliss-reactive ketones (excluding diaryl/α,β-unsaturated/α-hetero) is 1. The van der Waals surface area contributed by atoms with E-state index in [0.29, 0.717) is 0 Å². The van der Waals surface area contributed by atoms with Crippen LogP contribution in [0.3, 0.4) is 0 Å². The van der Waals surface area contributed by atoms with Gasteiger partial charge in [-0.3, -0.25) is 9.48 Å². The second-order valence-electron chi connectivity index (χ2n) is 2.63. The van der Waals surface area contributed by atoms with Gasteiger partial charge in [0.2, 0.25) is 0 Å². The van der Waals surface area contributed by atoms with Crippen LogP contribution in [0.4, 0.5) is 17.6 Å². The number of carbonyl (C=O) groups excluding carboxylic acids is 1. The second kappa shape index (κ2) is 3.39. The van der Waals surface area contributed by atoms with Crippen molar-refractivity contribution in [3.05, 3.63) is 18.0 Å². The number of aromatic nitrogens is 2. The van der Waals surface area contributed by atoms with E-state index >= 15 is 0 Å². The Bertz CT molecular complexity index is 347. The van der Waals surface area contributed by atoms with Crippen molar-refractivity contribution >= 4 is 5.78 Å². The summed E-state index contributed by atoms with van der Waals surface area (Å²) >= 11 is 0. The Kier molecular flexibility index (Phi) is 2.59. The van der Waals surface area contributed by atoms with Crippen LogP contribution in [0.1, 0.15) is 10.5 Å². The molecule has 0 aliphatic carbocycles. The fourth-order valence-electron chi connectivity index (χ4n) is 0.806. The van der Waals surface area contributed by atoms with Crippen molar-refractivity contribution in [1.29, 1.82) is 0 Å². The van der Waals surface area contributed by atoms with Crippen molar-refractivity contribution in [2.75, 3.05) is 0 Å². The minimum absolute atomic E-state index is 0.669. The van der Waals surface area contributed by atoms with Gasteiger partial charge >= 0.3 is 12.3 Å². The van der Waals surface area contributed by atoms with Gasteiger partial charge in [-0.1, -0.05) is 0 Å². The van der Waals surface area contributed by atoms with Crippen molar-refractivity contribution in [3.63, 3.8) is 0 Å². The molecule has 0 aliphatic rings. The van der Waals surface area contributed by atoms with Crippen molar-refractivity contribution in [3.8, 4) is 0 Å². The number of nitrogens with zero attached hydrogens (tertiary/aromatic N) is 2. The Labute approximate surface area is 76.3 Å². The summed E-state index contributed by atoms with van der Waals surface area (Å²) in [5.74, 6) is -6.64. The van der Waals surface area contributed by atoms with E-state index in [0.717, 1.165) is 10.7 Å². The third-order valence-electron chi connectivity index (χ3n) is 1.52. The van der Waals surface area contributed by atoms with Gasteiger partial charge in [-0.05, 0) is 6.07 Å². The fourth-order valence-corrected chi connectivity index (χ4v) is 0.806. The van der Waals surface area contributed by atoms with Crippen LogP contribution in [0.15, 0.2) is 12.3 Å². The van der Waals surface area contributed by atoms with E-state index in [4.69, 9.17) is 0 Å². The molecule has 1 aromatic rings. The first-order valence-corrected chi connectivity index (χ1v) is 3.56. The van der Waals surface area contributed by atoms with Crippen LogP contribution in [-0.2, 0) is 7.05 Å². The Hall–Kier alpha value is -1.40. The Balaban J connectivity index is 2.96. The number of halogens is 4. The molecule has 0 N–H and O–H groups in total. The van der Waals surface area contributed by atoms with Crippen molar-refractivity contribution in [2.24, 2.45) is 7.05 Å². The van der Waals surface area contributed by atoms with Gasteiger partial charge in [0, 0.05) is 13.2 Å². The quantitative estimate of drug-likeness (QED) is 0.559. The van der Waals surface area contributed by atoms with E-state index in [-0.39, 0.29) is 0 Å². The van der Waals surface area contributed by atoms with Crippen molar-refractivity contribution < 1.29 is 22.4 Å². The molecule has 0 radical (unpaired) electrons. The first kappa shape index (κ1) is 10.7. The van der Waals surface area contributed by atoms with Crippen LogP contribution >= 0.6 is 0 Å². The molecule has 78 valence electrons. The highest BCUT2D eigenvalue weighted by atomic mass is 19.3. The molecule has 1 rings (SSSR count). The van der Waals surface area contributed by atoms with Crippen LogP contribution in [0, 0.1) is 0 Å². The van der Waals surface area contributed by atoms with E-state index in [1.807, 2.05) is 0 Å². The molecule has 0 unspecified atom stereocenters. The average molecular weight is 210 g/mol. The molecule has 0 saturated carbocycles. The highest BCUT2D eigenvalue weighted by molar-refractivity contribution is 5.99. The molecular weight excluding hydrogens is 204 g/mol. The van der Waals surface area contributed by atoms with E-state index in [9.17, 15) is 22.4 Å². The van der Waals surface area contributed by atoms with Gasteiger partial charge in [0.1, 0.15) is 5.69 Å². The summed E-state index contributed by atoms with van der Waals surface area (Å²) in [6, 6.07) is 0.957. The van der Waals surface area contributed by atoms with Crippen LogP contribution in [0.2, 0.25) is 0 Å². The number of ketones is 1.